The molecule has 0 aliphatic rings. The van der Waals surface area contributed by atoms with Gasteiger partial charge in [-0.15, -0.1) is 10.2 Å². The highest BCUT2D eigenvalue weighted by Gasteiger charge is 2.19. The van der Waals surface area contributed by atoms with Crippen LogP contribution in [-0.2, 0) is 0 Å². The molecule has 28 heavy (non-hydrogen) atoms. The zero-order valence-corrected chi connectivity index (χ0v) is 16.0. The molecule has 4 rings (SSSR count). The van der Waals surface area contributed by atoms with Crippen molar-refractivity contribution in [2.75, 3.05) is 14.2 Å². The van der Waals surface area contributed by atoms with Crippen LogP contribution in [0.1, 0.15) is 10.4 Å². The molecule has 0 saturated heterocycles. The van der Waals surface area contributed by atoms with Crippen LogP contribution in [-0.4, -0.2) is 29.5 Å². The van der Waals surface area contributed by atoms with E-state index < -0.39 is 0 Å². The Kier molecular flexibility index (Phi) is 4.99. The number of benzene rings is 3. The molecular formula is C21H16N2O4S. The molecule has 0 aliphatic heterocycles. The quantitative estimate of drug-likeness (QED) is 0.450. The minimum absolute atomic E-state index is 0.159. The average Bonchev–Trinajstić information content (AvgIpc) is 3.20. The number of hydrogen-bond donors (Lipinski definition) is 0. The van der Waals surface area contributed by atoms with Gasteiger partial charge in [0.2, 0.25) is 5.12 Å². The highest BCUT2D eigenvalue weighted by Crippen LogP contribution is 2.34. The van der Waals surface area contributed by atoms with E-state index in [1.807, 2.05) is 36.4 Å². The maximum Gasteiger partial charge on any atom is 0.284 e. The van der Waals surface area contributed by atoms with Gasteiger partial charge in [-0.3, -0.25) is 4.79 Å². The molecule has 0 fully saturated rings. The predicted octanol–water partition coefficient (Wildman–Crippen LogP) is 4.84. The van der Waals surface area contributed by atoms with Crippen molar-refractivity contribution in [1.82, 2.24) is 10.2 Å². The summed E-state index contributed by atoms with van der Waals surface area (Å²) in [4.78, 5) is 12.8. The van der Waals surface area contributed by atoms with Gasteiger partial charge in [0.1, 0.15) is 11.5 Å². The van der Waals surface area contributed by atoms with E-state index >= 15 is 0 Å². The number of nitrogens with zero attached hydrogens (tertiary/aromatic N) is 2. The third kappa shape index (κ3) is 3.44. The van der Waals surface area contributed by atoms with Crippen molar-refractivity contribution in [3.63, 3.8) is 0 Å². The highest BCUT2D eigenvalue weighted by molar-refractivity contribution is 8.14. The van der Waals surface area contributed by atoms with Crippen LogP contribution in [0.15, 0.2) is 70.3 Å². The summed E-state index contributed by atoms with van der Waals surface area (Å²) < 4.78 is 16.3. The van der Waals surface area contributed by atoms with Gasteiger partial charge < -0.3 is 13.9 Å². The molecule has 0 aliphatic carbocycles. The third-order valence-electron chi connectivity index (χ3n) is 4.24. The summed E-state index contributed by atoms with van der Waals surface area (Å²) in [7, 11) is 3.13. The number of rotatable bonds is 5. The monoisotopic (exact) mass is 392 g/mol. The van der Waals surface area contributed by atoms with Crippen LogP contribution < -0.4 is 9.47 Å². The van der Waals surface area contributed by atoms with Crippen molar-refractivity contribution in [3.8, 4) is 23.0 Å². The van der Waals surface area contributed by atoms with Crippen molar-refractivity contribution in [1.29, 1.82) is 0 Å². The van der Waals surface area contributed by atoms with Crippen molar-refractivity contribution in [3.05, 3.63) is 66.2 Å². The molecule has 140 valence electrons. The second-order valence-corrected chi connectivity index (χ2v) is 6.78. The number of hydrogen-bond acceptors (Lipinski definition) is 7. The number of methoxy groups -OCH3 is 2. The first-order valence-electron chi connectivity index (χ1n) is 8.45. The van der Waals surface area contributed by atoms with Crippen molar-refractivity contribution in [2.45, 2.75) is 5.22 Å². The van der Waals surface area contributed by atoms with Gasteiger partial charge in [0.05, 0.1) is 19.8 Å². The third-order valence-corrected chi connectivity index (χ3v) is 4.98. The standard InChI is InChI=1S/C21H16N2O4S/c1-25-14-10-11-17(18(12-14)26-2)19-22-23-21(27-19)28-20(24)16-9-5-7-13-6-3-4-8-15(13)16/h3-12H,1-2H3. The molecule has 1 heterocycles. The minimum atomic E-state index is -0.159. The van der Waals surface area contributed by atoms with Gasteiger partial charge in [0.25, 0.3) is 11.1 Å². The number of fused-ring (bicyclic) bond motifs is 1. The normalized spacial score (nSPS) is 10.8. The van der Waals surface area contributed by atoms with E-state index in [1.165, 1.54) is 0 Å². The maximum atomic E-state index is 12.8. The van der Waals surface area contributed by atoms with Crippen LogP contribution in [0, 0.1) is 0 Å². The van der Waals surface area contributed by atoms with Crippen LogP contribution in [0.5, 0.6) is 11.5 Å². The van der Waals surface area contributed by atoms with Gasteiger partial charge in [0, 0.05) is 23.4 Å². The van der Waals surface area contributed by atoms with Crippen LogP contribution in [0.4, 0.5) is 0 Å². The smallest absolute Gasteiger partial charge is 0.284 e. The van der Waals surface area contributed by atoms with Crippen molar-refractivity contribution < 1.29 is 18.7 Å². The molecule has 0 radical (unpaired) electrons. The van der Waals surface area contributed by atoms with E-state index in [2.05, 4.69) is 10.2 Å². The number of ether oxygens (including phenoxy) is 2. The Hall–Kier alpha value is -3.32. The highest BCUT2D eigenvalue weighted by atomic mass is 32.2. The minimum Gasteiger partial charge on any atom is -0.497 e. The first-order valence-corrected chi connectivity index (χ1v) is 9.27. The van der Waals surface area contributed by atoms with Crippen molar-refractivity contribution in [2.24, 2.45) is 0 Å². The first-order chi connectivity index (χ1) is 13.7. The van der Waals surface area contributed by atoms with E-state index in [4.69, 9.17) is 13.9 Å². The molecule has 6 nitrogen and oxygen atoms in total. The van der Waals surface area contributed by atoms with Crippen molar-refractivity contribution >= 4 is 27.6 Å². The fourth-order valence-corrected chi connectivity index (χ4v) is 3.52. The summed E-state index contributed by atoms with van der Waals surface area (Å²) in [6.07, 6.45) is 0. The van der Waals surface area contributed by atoms with E-state index in [0.29, 0.717) is 22.6 Å². The summed E-state index contributed by atoms with van der Waals surface area (Å²) in [5.74, 6) is 1.47. The number of thioether (sulfide) groups is 1. The second-order valence-electron chi connectivity index (χ2n) is 5.86. The second kappa shape index (κ2) is 7.74. The van der Waals surface area contributed by atoms with Crippen LogP contribution in [0.3, 0.4) is 0 Å². The molecule has 7 heteroatoms. The van der Waals surface area contributed by atoms with E-state index in [0.717, 1.165) is 22.5 Å². The molecule has 4 aromatic rings. The van der Waals surface area contributed by atoms with Crippen LogP contribution in [0.2, 0.25) is 0 Å². The Balaban J connectivity index is 1.61. The molecule has 0 atom stereocenters. The summed E-state index contributed by atoms with van der Waals surface area (Å²) in [6, 6.07) is 18.6. The topological polar surface area (TPSA) is 74.5 Å². The summed E-state index contributed by atoms with van der Waals surface area (Å²) in [5, 5.41) is 9.95. The van der Waals surface area contributed by atoms with Gasteiger partial charge in [-0.1, -0.05) is 36.4 Å². The van der Waals surface area contributed by atoms with Gasteiger partial charge in [0.15, 0.2) is 0 Å². The molecule has 0 N–H and O–H groups in total. The molecule has 0 amide bonds. The fraction of sp³-hybridized carbons (Fsp3) is 0.0952. The Morgan fingerprint density at radius 1 is 0.964 bits per heavy atom. The van der Waals surface area contributed by atoms with Gasteiger partial charge >= 0.3 is 0 Å². The predicted molar refractivity (Wildman–Crippen MR) is 107 cm³/mol. The summed E-state index contributed by atoms with van der Waals surface area (Å²) in [6.45, 7) is 0. The molecule has 0 unspecified atom stereocenters. The lowest BCUT2D eigenvalue weighted by Crippen LogP contribution is -1.94. The Morgan fingerprint density at radius 3 is 2.61 bits per heavy atom. The molecule has 1 aromatic heterocycles. The first kappa shape index (κ1) is 18.1. The average molecular weight is 392 g/mol. The maximum absolute atomic E-state index is 12.8. The lowest BCUT2D eigenvalue weighted by atomic mass is 10.1. The lowest BCUT2D eigenvalue weighted by molar-refractivity contribution is 0.108. The fourth-order valence-electron chi connectivity index (χ4n) is 2.87. The van der Waals surface area contributed by atoms with Gasteiger partial charge in [-0.2, -0.15) is 0 Å². The van der Waals surface area contributed by atoms with E-state index in [-0.39, 0.29) is 16.2 Å². The zero-order chi connectivity index (χ0) is 19.5. The van der Waals surface area contributed by atoms with Crippen LogP contribution in [0.25, 0.3) is 22.2 Å². The Morgan fingerprint density at radius 2 is 1.79 bits per heavy atom. The largest absolute Gasteiger partial charge is 0.497 e. The van der Waals surface area contributed by atoms with Gasteiger partial charge in [-0.25, -0.2) is 0 Å². The summed E-state index contributed by atoms with van der Waals surface area (Å²) in [5.41, 5.74) is 1.23. The summed E-state index contributed by atoms with van der Waals surface area (Å²) >= 11 is 0.903. The molecule has 0 bridgehead atoms. The van der Waals surface area contributed by atoms with Crippen LogP contribution >= 0.6 is 11.8 Å². The zero-order valence-electron chi connectivity index (χ0n) is 15.2. The molecular weight excluding hydrogens is 376 g/mol. The number of carbonyl (C=O) groups is 1. The Bertz CT molecular complexity index is 1150. The van der Waals surface area contributed by atoms with E-state index in [1.54, 1.807) is 38.5 Å². The van der Waals surface area contributed by atoms with Gasteiger partial charge in [-0.05, 0) is 29.0 Å². The Labute approximate surface area is 165 Å². The SMILES string of the molecule is COc1ccc(-c2nnc(SC(=O)c3cccc4ccccc34)o2)c(OC)c1. The van der Waals surface area contributed by atoms with E-state index in [9.17, 15) is 4.79 Å². The molecule has 3 aromatic carbocycles. The molecule has 0 saturated carbocycles. The molecule has 0 spiro atoms. The number of aromatic nitrogens is 2. The number of carbonyl (C=O) groups excluding carboxylic acids is 1. The lowest BCUT2D eigenvalue weighted by Gasteiger charge is -2.07.